The van der Waals surface area contributed by atoms with E-state index in [0.29, 0.717) is 0 Å². The van der Waals surface area contributed by atoms with E-state index >= 15 is 0 Å². The van der Waals surface area contributed by atoms with Crippen LogP contribution in [0.3, 0.4) is 0 Å². The van der Waals surface area contributed by atoms with Crippen LogP contribution in [0.2, 0.25) is 0 Å². The molecule has 0 radical (unpaired) electrons. The Kier molecular flexibility index (Phi) is 2.91. The number of benzene rings is 1. The minimum absolute atomic E-state index is 0.0613. The van der Waals surface area contributed by atoms with Crippen molar-refractivity contribution >= 4 is 30.6 Å². The summed E-state index contributed by atoms with van der Waals surface area (Å²) in [7, 11) is 0. The van der Waals surface area contributed by atoms with Crippen LogP contribution in [0.25, 0.3) is 0 Å². The SMILES string of the molecule is C=Bc1cc(C(=O)C(=O)O)ccc1F. The van der Waals surface area contributed by atoms with Crippen LogP contribution >= 0.6 is 0 Å². The molecule has 0 saturated carbocycles. The second-order valence-corrected chi connectivity index (χ2v) is 2.57. The molecule has 0 amide bonds. The molecule has 0 spiro atoms. The van der Waals surface area contributed by atoms with Gasteiger partial charge in [0.2, 0.25) is 0 Å². The maximum absolute atomic E-state index is 12.9. The van der Waals surface area contributed by atoms with Gasteiger partial charge < -0.3 is 0 Å². The minimum atomic E-state index is -1.56. The average molecular weight is 192 g/mol. The van der Waals surface area contributed by atoms with Crippen molar-refractivity contribution in [2.24, 2.45) is 0 Å². The summed E-state index contributed by atoms with van der Waals surface area (Å²) in [5.74, 6) is -3.17. The van der Waals surface area contributed by atoms with Gasteiger partial charge in [-0.25, -0.2) is 0 Å². The van der Waals surface area contributed by atoms with Gasteiger partial charge in [-0.1, -0.05) is 0 Å². The second-order valence-electron chi connectivity index (χ2n) is 2.57. The monoisotopic (exact) mass is 192 g/mol. The molecule has 14 heavy (non-hydrogen) atoms. The molecule has 3 nitrogen and oxygen atoms in total. The number of halogens is 1. The normalized spacial score (nSPS) is 9.21. The van der Waals surface area contributed by atoms with E-state index in [1.54, 1.807) is 0 Å². The first-order valence-electron chi connectivity index (χ1n) is 3.76. The molecule has 0 aliphatic rings. The van der Waals surface area contributed by atoms with E-state index in [2.05, 4.69) is 6.47 Å². The number of hydrogen-bond acceptors (Lipinski definition) is 2. The van der Waals surface area contributed by atoms with Crippen LogP contribution in [-0.4, -0.2) is 30.2 Å². The fourth-order valence-electron chi connectivity index (χ4n) is 0.965. The Labute approximate surface area is 80.1 Å². The fraction of sp³-hybridized carbons (Fsp3) is 0. The number of ketones is 1. The third-order valence-electron chi connectivity index (χ3n) is 1.67. The van der Waals surface area contributed by atoms with Crippen LogP contribution in [-0.2, 0) is 4.79 Å². The Morgan fingerprint density at radius 3 is 2.57 bits per heavy atom. The summed E-state index contributed by atoms with van der Waals surface area (Å²) in [6.45, 7) is 4.55. The van der Waals surface area contributed by atoms with Crippen molar-refractivity contribution in [1.82, 2.24) is 0 Å². The molecule has 5 heteroatoms. The van der Waals surface area contributed by atoms with Crippen molar-refractivity contribution in [3.8, 4) is 0 Å². The standard InChI is InChI=1S/C9H6BFO3/c1-10-6-4-5(2-3-7(6)11)8(12)9(13)14/h2-4H,1H2,(H,13,14). The van der Waals surface area contributed by atoms with E-state index < -0.39 is 17.6 Å². The second kappa shape index (κ2) is 3.96. The predicted octanol–water partition coefficient (Wildman–Crippen LogP) is -0.146. The summed E-state index contributed by atoms with van der Waals surface area (Å²) < 4.78 is 12.9. The average Bonchev–Trinajstić information content (AvgIpc) is 2.17. The van der Waals surface area contributed by atoms with Crippen LogP contribution in [0, 0.1) is 5.82 Å². The van der Waals surface area contributed by atoms with Crippen molar-refractivity contribution in [2.75, 3.05) is 0 Å². The molecule has 1 N–H and O–H groups in total. The van der Waals surface area contributed by atoms with Gasteiger partial charge in [0.15, 0.2) is 0 Å². The molecular weight excluding hydrogens is 186 g/mol. The van der Waals surface area contributed by atoms with Gasteiger partial charge in [0.1, 0.15) is 0 Å². The van der Waals surface area contributed by atoms with Gasteiger partial charge in [-0.15, -0.1) is 0 Å². The van der Waals surface area contributed by atoms with Crippen molar-refractivity contribution < 1.29 is 19.1 Å². The summed E-state index contributed by atoms with van der Waals surface area (Å²) in [4.78, 5) is 21.3. The van der Waals surface area contributed by atoms with Gasteiger partial charge in [-0.05, 0) is 0 Å². The molecule has 0 aliphatic carbocycles. The van der Waals surface area contributed by atoms with Gasteiger partial charge in [-0.3, -0.25) is 0 Å². The van der Waals surface area contributed by atoms with Crippen LogP contribution in [0.15, 0.2) is 18.2 Å². The summed E-state index contributed by atoms with van der Waals surface area (Å²) in [5, 5.41) is 8.40. The Hall–Kier alpha value is -1.78. The third kappa shape index (κ3) is 1.93. The molecule has 70 valence electrons. The molecule has 1 aromatic carbocycles. The molecule has 0 heterocycles. The van der Waals surface area contributed by atoms with E-state index in [-0.39, 0.29) is 11.0 Å². The summed E-state index contributed by atoms with van der Waals surface area (Å²) in [6, 6.07) is 3.31. The van der Waals surface area contributed by atoms with Gasteiger partial charge >= 0.3 is 79.3 Å². The van der Waals surface area contributed by atoms with E-state index in [0.717, 1.165) is 18.2 Å². The van der Waals surface area contributed by atoms with Crippen LogP contribution in [0.4, 0.5) is 4.39 Å². The van der Waals surface area contributed by atoms with E-state index in [1.165, 1.54) is 6.92 Å². The molecular formula is C9H6BFO3. The molecule has 1 rings (SSSR count). The molecule has 0 aromatic heterocycles. The van der Waals surface area contributed by atoms with Crippen molar-refractivity contribution in [1.29, 1.82) is 0 Å². The molecule has 1 aromatic rings. The quantitative estimate of drug-likeness (QED) is 0.411. The van der Waals surface area contributed by atoms with Crippen LogP contribution < -0.4 is 5.46 Å². The van der Waals surface area contributed by atoms with E-state index in [1.807, 2.05) is 0 Å². The molecule has 0 aliphatic heterocycles. The Balaban J connectivity index is 3.19. The number of carbonyl (C=O) groups excluding carboxylic acids is 1. The number of aliphatic carboxylic acids is 1. The molecule has 0 saturated heterocycles. The molecule has 0 atom stereocenters. The first kappa shape index (κ1) is 10.3. The molecule has 0 unspecified atom stereocenters. The molecule has 0 fully saturated rings. The number of Topliss-reactive ketones (excluding diaryl/α,β-unsaturated/α-hetero) is 1. The number of carbonyl (C=O) groups is 2. The van der Waals surface area contributed by atoms with Gasteiger partial charge in [0.05, 0.1) is 0 Å². The van der Waals surface area contributed by atoms with Gasteiger partial charge in [0, 0.05) is 0 Å². The van der Waals surface area contributed by atoms with Gasteiger partial charge in [0.25, 0.3) is 0 Å². The van der Waals surface area contributed by atoms with E-state index in [9.17, 15) is 14.0 Å². The van der Waals surface area contributed by atoms with Gasteiger partial charge in [-0.2, -0.15) is 0 Å². The van der Waals surface area contributed by atoms with Crippen molar-refractivity contribution in [3.63, 3.8) is 0 Å². The maximum atomic E-state index is 12.9. The van der Waals surface area contributed by atoms with Crippen molar-refractivity contribution in [3.05, 3.63) is 29.6 Å². The summed E-state index contributed by atoms with van der Waals surface area (Å²) >= 11 is 0. The zero-order valence-corrected chi connectivity index (χ0v) is 7.16. The first-order chi connectivity index (χ1) is 6.56. The third-order valence-corrected chi connectivity index (χ3v) is 1.67. The van der Waals surface area contributed by atoms with Crippen LogP contribution in [0.1, 0.15) is 10.4 Å². The Morgan fingerprint density at radius 2 is 2.07 bits per heavy atom. The zero-order chi connectivity index (χ0) is 10.7. The van der Waals surface area contributed by atoms with Crippen molar-refractivity contribution in [2.45, 2.75) is 0 Å². The Morgan fingerprint density at radius 1 is 1.43 bits per heavy atom. The van der Waals surface area contributed by atoms with E-state index in [4.69, 9.17) is 5.11 Å². The predicted molar refractivity (Wildman–Crippen MR) is 50.9 cm³/mol. The number of carboxylic acids is 1. The number of rotatable bonds is 3. The number of hydrogen-bond donors (Lipinski definition) is 1. The summed E-state index contributed by atoms with van der Waals surface area (Å²) in [6.07, 6.45) is 0. The number of carboxylic acid groups (broad SMARTS) is 1. The first-order valence-corrected chi connectivity index (χ1v) is 3.76. The summed E-state index contributed by atoms with van der Waals surface area (Å²) in [5.41, 5.74) is 0.0471. The molecule has 0 bridgehead atoms. The fourth-order valence-corrected chi connectivity index (χ4v) is 0.965. The Bertz CT molecular complexity index is 415. The topological polar surface area (TPSA) is 54.4 Å². The van der Waals surface area contributed by atoms with Crippen LogP contribution in [0.5, 0.6) is 0 Å². The zero-order valence-electron chi connectivity index (χ0n) is 7.16.